The monoisotopic (exact) mass is 570 g/mol. The summed E-state index contributed by atoms with van der Waals surface area (Å²) in [5, 5.41) is 11.3. The number of amides is 1. The molecule has 0 aromatic heterocycles. The van der Waals surface area contributed by atoms with E-state index in [1.54, 1.807) is 12.1 Å². The number of hydrogen-bond donors (Lipinski definition) is 1. The number of likely N-dealkylation sites (tertiary alicyclic amines) is 1. The van der Waals surface area contributed by atoms with Crippen LogP contribution in [0.15, 0.2) is 42.5 Å². The summed E-state index contributed by atoms with van der Waals surface area (Å²) in [5.74, 6) is 2.06. The Labute approximate surface area is 248 Å². The number of esters is 1. The van der Waals surface area contributed by atoms with Crippen LogP contribution in [-0.4, -0.2) is 64.6 Å². The lowest BCUT2D eigenvalue weighted by Crippen LogP contribution is -2.69. The lowest BCUT2D eigenvalue weighted by atomic mass is 9.50. The van der Waals surface area contributed by atoms with Crippen molar-refractivity contribution in [3.63, 3.8) is 0 Å². The van der Waals surface area contributed by atoms with Gasteiger partial charge in [-0.3, -0.25) is 14.5 Å². The molecule has 2 aromatic rings. The van der Waals surface area contributed by atoms with Crippen molar-refractivity contribution >= 4 is 18.0 Å². The second kappa shape index (κ2) is 10.4. The summed E-state index contributed by atoms with van der Waals surface area (Å²) in [6.45, 7) is 8.45. The van der Waals surface area contributed by atoms with E-state index in [0.29, 0.717) is 30.0 Å². The molecule has 3 fully saturated rings. The van der Waals surface area contributed by atoms with Gasteiger partial charge in [0.2, 0.25) is 5.91 Å². The molecular formula is C35H42N2O5. The van der Waals surface area contributed by atoms with Crippen LogP contribution in [0, 0.1) is 17.8 Å². The van der Waals surface area contributed by atoms with Crippen molar-refractivity contribution in [2.75, 3.05) is 19.6 Å². The van der Waals surface area contributed by atoms with E-state index in [4.69, 9.17) is 9.47 Å². The third-order valence-corrected chi connectivity index (χ3v) is 10.4. The van der Waals surface area contributed by atoms with Gasteiger partial charge in [-0.2, -0.15) is 0 Å². The Kier molecular flexibility index (Phi) is 6.84. The molecule has 2 aliphatic heterocycles. The molecule has 0 radical (unpaired) electrons. The first kappa shape index (κ1) is 27.5. The molecule has 222 valence electrons. The van der Waals surface area contributed by atoms with Gasteiger partial charge in [-0.15, -0.1) is 0 Å². The molecule has 7 nitrogen and oxygen atoms in total. The molecule has 2 bridgehead atoms. The molecule has 5 atom stereocenters. The van der Waals surface area contributed by atoms with Gasteiger partial charge >= 0.3 is 5.97 Å². The van der Waals surface area contributed by atoms with Gasteiger partial charge in [-0.05, 0) is 74.5 Å². The minimum Gasteiger partial charge on any atom is -0.504 e. The summed E-state index contributed by atoms with van der Waals surface area (Å²) in [4.78, 5) is 30.8. The zero-order valence-corrected chi connectivity index (χ0v) is 24.9. The maximum atomic E-state index is 13.9. The van der Waals surface area contributed by atoms with Crippen molar-refractivity contribution in [3.05, 3.63) is 59.2 Å². The highest BCUT2D eigenvalue weighted by Gasteiger charge is 2.67. The van der Waals surface area contributed by atoms with Crippen LogP contribution in [0.5, 0.6) is 17.2 Å². The van der Waals surface area contributed by atoms with Gasteiger partial charge < -0.3 is 19.5 Å². The number of ether oxygens (including phenoxy) is 2. The SMILES string of the molecule is CC(=O)Oc1cc(O)c2c3c1C[C@@H]1[C@@H]4CC[C@H](N(CC(C)C)C(=O)C=Cc5ccccc5)[C@H](O2)[C@]34CCN1CC1CC1. The van der Waals surface area contributed by atoms with Crippen molar-refractivity contribution in [2.45, 2.75) is 82.9 Å². The summed E-state index contributed by atoms with van der Waals surface area (Å²) in [6, 6.07) is 11.7. The molecule has 42 heavy (non-hydrogen) atoms. The van der Waals surface area contributed by atoms with Crippen molar-refractivity contribution in [1.29, 1.82) is 0 Å². The van der Waals surface area contributed by atoms with E-state index in [0.717, 1.165) is 61.4 Å². The van der Waals surface area contributed by atoms with E-state index >= 15 is 0 Å². The molecule has 1 amide bonds. The molecule has 1 spiro atoms. The summed E-state index contributed by atoms with van der Waals surface area (Å²) in [6.07, 6.45) is 9.52. The van der Waals surface area contributed by atoms with Crippen LogP contribution in [-0.2, 0) is 21.4 Å². The normalized spacial score (nSPS) is 29.3. The van der Waals surface area contributed by atoms with E-state index in [9.17, 15) is 14.7 Å². The predicted octanol–water partition coefficient (Wildman–Crippen LogP) is 5.33. The number of aromatic hydroxyl groups is 1. The van der Waals surface area contributed by atoms with E-state index in [1.165, 1.54) is 19.8 Å². The van der Waals surface area contributed by atoms with E-state index in [1.807, 2.05) is 41.3 Å². The molecule has 2 heterocycles. The van der Waals surface area contributed by atoms with Crippen LogP contribution in [0.3, 0.4) is 0 Å². The number of carbonyl (C=O) groups is 2. The second-order valence-corrected chi connectivity index (χ2v) is 13.6. The Morgan fingerprint density at radius 2 is 1.98 bits per heavy atom. The molecule has 1 saturated heterocycles. The Morgan fingerprint density at radius 3 is 2.69 bits per heavy atom. The number of nitrogens with zero attached hydrogens (tertiary/aromatic N) is 2. The third-order valence-electron chi connectivity index (χ3n) is 10.4. The fraction of sp³-hybridized carbons (Fsp3) is 0.543. The first-order valence-corrected chi connectivity index (χ1v) is 15.8. The number of phenolic OH excluding ortho intramolecular Hbond substituents is 1. The quantitative estimate of drug-likeness (QED) is 0.263. The van der Waals surface area contributed by atoms with Crippen LogP contribution in [0.25, 0.3) is 6.08 Å². The summed E-state index contributed by atoms with van der Waals surface area (Å²) in [7, 11) is 0. The molecule has 3 aliphatic carbocycles. The largest absolute Gasteiger partial charge is 0.504 e. The smallest absolute Gasteiger partial charge is 0.308 e. The maximum Gasteiger partial charge on any atom is 0.308 e. The van der Waals surface area contributed by atoms with E-state index in [2.05, 4.69) is 18.7 Å². The Balaban J connectivity index is 1.30. The van der Waals surface area contributed by atoms with Gasteiger partial charge in [-0.1, -0.05) is 44.2 Å². The fourth-order valence-corrected chi connectivity index (χ4v) is 8.68. The van der Waals surface area contributed by atoms with Crippen molar-refractivity contribution in [2.24, 2.45) is 17.8 Å². The van der Waals surface area contributed by atoms with Crippen LogP contribution in [0.4, 0.5) is 0 Å². The summed E-state index contributed by atoms with van der Waals surface area (Å²) in [5.41, 5.74) is 2.71. The number of piperidine rings is 1. The minimum atomic E-state index is -0.388. The number of phenols is 1. The van der Waals surface area contributed by atoms with Crippen LogP contribution < -0.4 is 9.47 Å². The van der Waals surface area contributed by atoms with Gasteiger partial charge in [0, 0.05) is 54.7 Å². The average Bonchev–Trinajstić information content (AvgIpc) is 3.71. The van der Waals surface area contributed by atoms with Crippen LogP contribution in [0.1, 0.15) is 69.6 Å². The van der Waals surface area contributed by atoms with Gasteiger partial charge in [0.25, 0.3) is 0 Å². The van der Waals surface area contributed by atoms with E-state index in [-0.39, 0.29) is 41.1 Å². The molecule has 1 N–H and O–H groups in total. The molecule has 7 heteroatoms. The highest BCUT2D eigenvalue weighted by molar-refractivity contribution is 5.92. The second-order valence-electron chi connectivity index (χ2n) is 13.6. The fourth-order valence-electron chi connectivity index (χ4n) is 8.68. The van der Waals surface area contributed by atoms with Crippen molar-refractivity contribution in [3.8, 4) is 17.2 Å². The molecule has 2 aromatic carbocycles. The molecular weight excluding hydrogens is 528 g/mol. The first-order valence-electron chi connectivity index (χ1n) is 15.8. The Bertz CT molecular complexity index is 1420. The average molecular weight is 571 g/mol. The molecule has 7 rings (SSSR count). The topological polar surface area (TPSA) is 79.3 Å². The number of benzene rings is 2. The van der Waals surface area contributed by atoms with Crippen molar-refractivity contribution < 1.29 is 24.2 Å². The number of hydrogen-bond acceptors (Lipinski definition) is 6. The Hall–Kier alpha value is -3.32. The van der Waals surface area contributed by atoms with Gasteiger partial charge in [-0.25, -0.2) is 0 Å². The third kappa shape index (κ3) is 4.52. The molecule has 0 unspecified atom stereocenters. The number of carbonyl (C=O) groups excluding carboxylic acids is 2. The lowest BCUT2D eigenvalue weighted by Gasteiger charge is -2.60. The molecule has 2 saturated carbocycles. The minimum absolute atomic E-state index is 0.00413. The first-order chi connectivity index (χ1) is 20.3. The number of rotatable bonds is 8. The van der Waals surface area contributed by atoms with Gasteiger partial charge in [0.15, 0.2) is 11.5 Å². The van der Waals surface area contributed by atoms with Gasteiger partial charge in [0.1, 0.15) is 11.9 Å². The Morgan fingerprint density at radius 1 is 1.19 bits per heavy atom. The lowest BCUT2D eigenvalue weighted by molar-refractivity contribution is -0.139. The standard InChI is InChI=1S/C35H42N2O5/c1-21(2)19-37(31(40)14-11-23-7-5-4-6-8-23)27-13-12-26-28-17-25-30(41-22(3)38)18-29(39)33-32(25)35(26,34(27)42-33)15-16-36(28)20-24-9-10-24/h4-8,11,14,18,21,24,26-28,34,39H,9-10,12-13,15-17,19-20H2,1-3H3/t26-,27-,28+,34-,35-/m0/s1. The summed E-state index contributed by atoms with van der Waals surface area (Å²) >= 11 is 0. The van der Waals surface area contributed by atoms with E-state index < -0.39 is 0 Å². The molecule has 5 aliphatic rings. The van der Waals surface area contributed by atoms with Gasteiger partial charge in [0.05, 0.1) is 6.04 Å². The zero-order valence-electron chi connectivity index (χ0n) is 24.9. The predicted molar refractivity (Wildman–Crippen MR) is 160 cm³/mol. The van der Waals surface area contributed by atoms with Crippen molar-refractivity contribution in [1.82, 2.24) is 9.80 Å². The highest BCUT2D eigenvalue weighted by Crippen LogP contribution is 2.66. The highest BCUT2D eigenvalue weighted by atomic mass is 16.5. The summed E-state index contributed by atoms with van der Waals surface area (Å²) < 4.78 is 12.6. The van der Waals surface area contributed by atoms with Crippen LogP contribution in [0.2, 0.25) is 0 Å². The van der Waals surface area contributed by atoms with Crippen LogP contribution >= 0.6 is 0 Å². The maximum absolute atomic E-state index is 13.9. The zero-order chi connectivity index (χ0) is 29.2.